The number of aromatic amines is 1. The van der Waals surface area contributed by atoms with E-state index < -0.39 is 12.0 Å². The van der Waals surface area contributed by atoms with Crippen LogP contribution in [0.5, 0.6) is 5.75 Å². The maximum Gasteiger partial charge on any atom is 0.328 e. The fourth-order valence-electron chi connectivity index (χ4n) is 1.75. The van der Waals surface area contributed by atoms with Crippen LogP contribution in [0.4, 0.5) is 0 Å². The third-order valence-corrected chi connectivity index (χ3v) is 2.66. The van der Waals surface area contributed by atoms with Gasteiger partial charge in [0.1, 0.15) is 11.8 Å². The molecule has 5 heteroatoms. The number of hydrogen-bond donors (Lipinski definition) is 2. The number of nitrogens with two attached hydrogens (primary N) is 1. The second-order valence-corrected chi connectivity index (χ2v) is 3.65. The molecular formula is C12H14N2O3. The average molecular weight is 234 g/mol. The number of esters is 1. The summed E-state index contributed by atoms with van der Waals surface area (Å²) in [6.07, 6.45) is 0. The molecular weight excluding hydrogens is 220 g/mol. The lowest BCUT2D eigenvalue weighted by atomic mass is 10.2. The molecule has 3 N–H and O–H groups in total. The summed E-state index contributed by atoms with van der Waals surface area (Å²) in [5.41, 5.74) is 7.24. The molecule has 0 aliphatic carbocycles. The average Bonchev–Trinajstić information content (AvgIpc) is 2.80. The Labute approximate surface area is 98.5 Å². The minimum absolute atomic E-state index is 0.476. The molecule has 0 aliphatic heterocycles. The summed E-state index contributed by atoms with van der Waals surface area (Å²) in [6.45, 7) is 0. The van der Waals surface area contributed by atoms with Crippen molar-refractivity contribution < 1.29 is 14.3 Å². The van der Waals surface area contributed by atoms with Crippen molar-refractivity contribution in [1.82, 2.24) is 4.98 Å². The fraction of sp³-hybridized carbons (Fsp3) is 0.250. The van der Waals surface area contributed by atoms with Crippen LogP contribution in [0.1, 0.15) is 11.7 Å². The second kappa shape index (κ2) is 4.47. The van der Waals surface area contributed by atoms with E-state index in [-0.39, 0.29) is 0 Å². The van der Waals surface area contributed by atoms with Crippen molar-refractivity contribution in [2.75, 3.05) is 14.2 Å². The third kappa shape index (κ3) is 1.97. The monoisotopic (exact) mass is 234 g/mol. The third-order valence-electron chi connectivity index (χ3n) is 2.66. The second-order valence-electron chi connectivity index (χ2n) is 3.65. The van der Waals surface area contributed by atoms with Gasteiger partial charge in [-0.1, -0.05) is 6.07 Å². The Morgan fingerprint density at radius 2 is 2.18 bits per heavy atom. The molecule has 90 valence electrons. The van der Waals surface area contributed by atoms with Crippen LogP contribution >= 0.6 is 0 Å². The van der Waals surface area contributed by atoms with Crippen LogP contribution in [0.25, 0.3) is 10.9 Å². The smallest absolute Gasteiger partial charge is 0.328 e. The van der Waals surface area contributed by atoms with Crippen molar-refractivity contribution in [2.45, 2.75) is 6.04 Å². The number of rotatable bonds is 3. The lowest BCUT2D eigenvalue weighted by Crippen LogP contribution is -2.22. The Morgan fingerprint density at radius 1 is 1.41 bits per heavy atom. The molecule has 1 aromatic carbocycles. The number of carbonyl (C=O) groups excluding carboxylic acids is 1. The number of aromatic nitrogens is 1. The van der Waals surface area contributed by atoms with Crippen LogP contribution in [-0.2, 0) is 9.53 Å². The van der Waals surface area contributed by atoms with E-state index in [1.807, 2.05) is 18.2 Å². The van der Waals surface area contributed by atoms with E-state index in [9.17, 15) is 4.79 Å². The molecule has 0 amide bonds. The van der Waals surface area contributed by atoms with Gasteiger partial charge in [0.25, 0.3) is 0 Å². The van der Waals surface area contributed by atoms with Gasteiger partial charge in [-0.25, -0.2) is 4.79 Å². The molecule has 0 fully saturated rings. The predicted molar refractivity (Wildman–Crippen MR) is 63.8 cm³/mol. The number of ether oxygens (including phenoxy) is 2. The molecule has 2 aromatic rings. The first-order valence-corrected chi connectivity index (χ1v) is 5.16. The van der Waals surface area contributed by atoms with Gasteiger partial charge in [-0.15, -0.1) is 0 Å². The number of fused-ring (bicyclic) bond motifs is 1. The first-order valence-electron chi connectivity index (χ1n) is 5.16. The van der Waals surface area contributed by atoms with Gasteiger partial charge in [0.2, 0.25) is 0 Å². The van der Waals surface area contributed by atoms with E-state index in [0.717, 1.165) is 16.7 Å². The van der Waals surface area contributed by atoms with Gasteiger partial charge in [0.05, 0.1) is 14.2 Å². The molecule has 0 radical (unpaired) electrons. The summed E-state index contributed by atoms with van der Waals surface area (Å²) in [7, 11) is 2.91. The largest absolute Gasteiger partial charge is 0.496 e. The Bertz CT molecular complexity index is 548. The maximum atomic E-state index is 11.3. The van der Waals surface area contributed by atoms with E-state index in [1.165, 1.54) is 7.11 Å². The normalized spacial score (nSPS) is 12.4. The molecule has 1 aromatic heterocycles. The van der Waals surface area contributed by atoms with Crippen LogP contribution in [-0.4, -0.2) is 25.2 Å². The van der Waals surface area contributed by atoms with Gasteiger partial charge in [-0.2, -0.15) is 0 Å². The molecule has 1 heterocycles. The topological polar surface area (TPSA) is 77.3 Å². The lowest BCUT2D eigenvalue weighted by molar-refractivity contribution is -0.142. The van der Waals surface area contributed by atoms with Gasteiger partial charge >= 0.3 is 5.97 Å². The summed E-state index contributed by atoms with van der Waals surface area (Å²) in [4.78, 5) is 14.4. The summed E-state index contributed by atoms with van der Waals surface area (Å²) in [5, 5.41) is 0.893. The molecule has 5 nitrogen and oxygen atoms in total. The van der Waals surface area contributed by atoms with E-state index in [1.54, 1.807) is 13.2 Å². The van der Waals surface area contributed by atoms with Crippen LogP contribution in [0.3, 0.4) is 0 Å². The fourth-order valence-corrected chi connectivity index (χ4v) is 1.75. The van der Waals surface area contributed by atoms with Gasteiger partial charge in [-0.3, -0.25) is 0 Å². The SMILES string of the molecule is COC(=O)C(N)c1cc2c(OC)cccc2[nH]1. The van der Waals surface area contributed by atoms with Gasteiger partial charge in [-0.05, 0) is 18.2 Å². The van der Waals surface area contributed by atoms with Crippen LogP contribution in [0.15, 0.2) is 24.3 Å². The molecule has 0 bridgehead atoms. The molecule has 17 heavy (non-hydrogen) atoms. The zero-order valence-corrected chi connectivity index (χ0v) is 9.69. The number of methoxy groups -OCH3 is 2. The molecule has 0 aliphatic rings. The molecule has 0 saturated heterocycles. The summed E-state index contributed by atoms with van der Waals surface area (Å²) in [6, 6.07) is 6.60. The van der Waals surface area contributed by atoms with Crippen molar-refractivity contribution in [2.24, 2.45) is 5.73 Å². The minimum atomic E-state index is -0.808. The van der Waals surface area contributed by atoms with Crippen molar-refractivity contribution >= 4 is 16.9 Å². The van der Waals surface area contributed by atoms with Crippen molar-refractivity contribution in [3.05, 3.63) is 30.0 Å². The quantitative estimate of drug-likeness (QED) is 0.786. The van der Waals surface area contributed by atoms with E-state index in [0.29, 0.717) is 5.69 Å². The Kier molecular flexibility index (Phi) is 3.01. The highest BCUT2D eigenvalue weighted by Crippen LogP contribution is 2.27. The highest BCUT2D eigenvalue weighted by molar-refractivity contribution is 5.88. The molecule has 2 rings (SSSR count). The van der Waals surface area contributed by atoms with Crippen molar-refractivity contribution in [3.63, 3.8) is 0 Å². The molecule has 1 unspecified atom stereocenters. The number of benzene rings is 1. The van der Waals surface area contributed by atoms with Crippen LogP contribution in [0.2, 0.25) is 0 Å². The standard InChI is InChI=1S/C12H14N2O3/c1-16-10-5-3-4-8-7(10)6-9(14-8)11(13)12(15)17-2/h3-6,11,14H,13H2,1-2H3. The maximum absolute atomic E-state index is 11.3. The van der Waals surface area contributed by atoms with Gasteiger partial charge in [0, 0.05) is 16.6 Å². The summed E-state index contributed by atoms with van der Waals surface area (Å²) in [5.74, 6) is 0.262. The summed E-state index contributed by atoms with van der Waals surface area (Å²) < 4.78 is 9.83. The highest BCUT2D eigenvalue weighted by atomic mass is 16.5. The lowest BCUT2D eigenvalue weighted by Gasteiger charge is -2.05. The number of hydrogen-bond acceptors (Lipinski definition) is 4. The number of carbonyl (C=O) groups is 1. The number of nitrogens with one attached hydrogen (secondary N) is 1. The minimum Gasteiger partial charge on any atom is -0.496 e. The zero-order chi connectivity index (χ0) is 12.4. The van der Waals surface area contributed by atoms with E-state index >= 15 is 0 Å². The number of H-pyrrole nitrogens is 1. The van der Waals surface area contributed by atoms with Gasteiger partial charge in [0.15, 0.2) is 0 Å². The first-order chi connectivity index (χ1) is 8.17. The van der Waals surface area contributed by atoms with E-state index in [2.05, 4.69) is 9.72 Å². The molecule has 0 spiro atoms. The summed E-state index contributed by atoms with van der Waals surface area (Å²) >= 11 is 0. The zero-order valence-electron chi connectivity index (χ0n) is 9.69. The first kappa shape index (κ1) is 11.5. The van der Waals surface area contributed by atoms with Crippen LogP contribution < -0.4 is 10.5 Å². The van der Waals surface area contributed by atoms with E-state index in [4.69, 9.17) is 10.5 Å². The Hall–Kier alpha value is -2.01. The van der Waals surface area contributed by atoms with Crippen LogP contribution in [0, 0.1) is 0 Å². The van der Waals surface area contributed by atoms with Gasteiger partial charge < -0.3 is 20.2 Å². The Morgan fingerprint density at radius 3 is 2.82 bits per heavy atom. The predicted octanol–water partition coefficient (Wildman–Crippen LogP) is 1.35. The molecule has 1 atom stereocenters. The Balaban J connectivity index is 2.47. The van der Waals surface area contributed by atoms with Crippen molar-refractivity contribution in [3.8, 4) is 5.75 Å². The molecule has 0 saturated carbocycles. The highest BCUT2D eigenvalue weighted by Gasteiger charge is 2.19. The van der Waals surface area contributed by atoms with Crippen molar-refractivity contribution in [1.29, 1.82) is 0 Å².